The highest BCUT2D eigenvalue weighted by atomic mass is 16.5. The Hall–Kier alpha value is -0.870. The van der Waals surface area contributed by atoms with E-state index in [-0.39, 0.29) is 6.04 Å². The van der Waals surface area contributed by atoms with Gasteiger partial charge in [0.15, 0.2) is 0 Å². The molecule has 1 atom stereocenters. The SMILES string of the molecule is CC(C)c1cn[nH]c1C1COCCN1. The molecule has 1 saturated heterocycles. The number of H-pyrrole nitrogens is 1. The van der Waals surface area contributed by atoms with Gasteiger partial charge >= 0.3 is 0 Å². The van der Waals surface area contributed by atoms with Crippen molar-refractivity contribution < 1.29 is 4.74 Å². The van der Waals surface area contributed by atoms with Crippen molar-refractivity contribution in [2.45, 2.75) is 25.8 Å². The van der Waals surface area contributed by atoms with Crippen LogP contribution in [0.4, 0.5) is 0 Å². The molecule has 0 radical (unpaired) electrons. The zero-order valence-corrected chi connectivity index (χ0v) is 8.71. The molecule has 1 aromatic heterocycles. The van der Waals surface area contributed by atoms with E-state index in [1.54, 1.807) is 0 Å². The van der Waals surface area contributed by atoms with Gasteiger partial charge in [0, 0.05) is 6.54 Å². The zero-order chi connectivity index (χ0) is 9.97. The van der Waals surface area contributed by atoms with Crippen LogP contribution in [-0.4, -0.2) is 30.0 Å². The largest absolute Gasteiger partial charge is 0.378 e. The Morgan fingerprint density at radius 2 is 2.43 bits per heavy atom. The quantitative estimate of drug-likeness (QED) is 0.745. The summed E-state index contributed by atoms with van der Waals surface area (Å²) in [4.78, 5) is 0. The van der Waals surface area contributed by atoms with Gasteiger partial charge in [-0.1, -0.05) is 13.8 Å². The van der Waals surface area contributed by atoms with Gasteiger partial charge in [0.05, 0.1) is 31.1 Å². The van der Waals surface area contributed by atoms with Crippen LogP contribution < -0.4 is 5.32 Å². The van der Waals surface area contributed by atoms with Crippen LogP contribution >= 0.6 is 0 Å². The lowest BCUT2D eigenvalue weighted by molar-refractivity contribution is 0.0752. The third kappa shape index (κ3) is 1.81. The molecule has 2 rings (SSSR count). The lowest BCUT2D eigenvalue weighted by Gasteiger charge is -2.24. The first-order chi connectivity index (χ1) is 6.79. The maximum absolute atomic E-state index is 5.43. The first-order valence-corrected chi connectivity index (χ1v) is 5.13. The first kappa shape index (κ1) is 9.68. The van der Waals surface area contributed by atoms with E-state index in [1.807, 2.05) is 6.20 Å². The number of nitrogens with one attached hydrogen (secondary N) is 2. The van der Waals surface area contributed by atoms with Crippen LogP contribution in [0.1, 0.15) is 37.1 Å². The van der Waals surface area contributed by atoms with Gasteiger partial charge in [-0.15, -0.1) is 0 Å². The summed E-state index contributed by atoms with van der Waals surface area (Å²) in [7, 11) is 0. The monoisotopic (exact) mass is 195 g/mol. The van der Waals surface area contributed by atoms with Crippen LogP contribution in [0, 0.1) is 0 Å². The fraction of sp³-hybridized carbons (Fsp3) is 0.700. The number of aromatic amines is 1. The van der Waals surface area contributed by atoms with E-state index in [4.69, 9.17) is 4.74 Å². The van der Waals surface area contributed by atoms with Gasteiger partial charge in [0.1, 0.15) is 0 Å². The summed E-state index contributed by atoms with van der Waals surface area (Å²) in [6, 6.07) is 0.281. The van der Waals surface area contributed by atoms with Gasteiger partial charge < -0.3 is 10.1 Å². The summed E-state index contributed by atoms with van der Waals surface area (Å²) >= 11 is 0. The van der Waals surface area contributed by atoms with Crippen molar-refractivity contribution in [3.05, 3.63) is 17.5 Å². The van der Waals surface area contributed by atoms with Crippen LogP contribution in [0.2, 0.25) is 0 Å². The summed E-state index contributed by atoms with van der Waals surface area (Å²) in [5, 5.41) is 10.6. The van der Waals surface area contributed by atoms with E-state index in [9.17, 15) is 0 Å². The van der Waals surface area contributed by atoms with Gasteiger partial charge in [-0.2, -0.15) is 5.10 Å². The van der Waals surface area contributed by atoms with Gasteiger partial charge in [0.25, 0.3) is 0 Å². The summed E-state index contributed by atoms with van der Waals surface area (Å²) in [6.07, 6.45) is 1.91. The van der Waals surface area contributed by atoms with Crippen LogP contribution in [0.5, 0.6) is 0 Å². The lowest BCUT2D eigenvalue weighted by Crippen LogP contribution is -2.35. The molecule has 0 saturated carbocycles. The van der Waals surface area contributed by atoms with E-state index in [0.29, 0.717) is 5.92 Å². The van der Waals surface area contributed by atoms with E-state index in [1.165, 1.54) is 11.3 Å². The van der Waals surface area contributed by atoms with Crippen molar-refractivity contribution >= 4 is 0 Å². The van der Waals surface area contributed by atoms with E-state index < -0.39 is 0 Å². The maximum Gasteiger partial charge on any atom is 0.0730 e. The first-order valence-electron chi connectivity index (χ1n) is 5.13. The normalized spacial score (nSPS) is 22.9. The third-order valence-corrected chi connectivity index (χ3v) is 2.59. The highest BCUT2D eigenvalue weighted by Gasteiger charge is 2.20. The van der Waals surface area contributed by atoms with Crippen LogP contribution in [0.3, 0.4) is 0 Å². The van der Waals surface area contributed by atoms with Crippen molar-refractivity contribution in [1.82, 2.24) is 15.5 Å². The van der Waals surface area contributed by atoms with Crippen molar-refractivity contribution in [2.75, 3.05) is 19.8 Å². The number of hydrogen-bond donors (Lipinski definition) is 2. The Kier molecular flexibility index (Phi) is 2.84. The third-order valence-electron chi connectivity index (χ3n) is 2.59. The maximum atomic E-state index is 5.43. The smallest absolute Gasteiger partial charge is 0.0730 e. The molecule has 1 aliphatic rings. The molecule has 4 heteroatoms. The van der Waals surface area contributed by atoms with E-state index in [0.717, 1.165) is 19.8 Å². The second kappa shape index (κ2) is 4.11. The molecule has 0 aliphatic carbocycles. The highest BCUT2D eigenvalue weighted by Crippen LogP contribution is 2.23. The number of nitrogens with zero attached hydrogens (tertiary/aromatic N) is 1. The lowest BCUT2D eigenvalue weighted by atomic mass is 10.0. The molecule has 14 heavy (non-hydrogen) atoms. The molecular formula is C10H17N3O. The molecule has 1 aliphatic heterocycles. The summed E-state index contributed by atoms with van der Waals surface area (Å²) in [5.41, 5.74) is 2.47. The van der Waals surface area contributed by atoms with Crippen LogP contribution in [0.15, 0.2) is 6.20 Å². The van der Waals surface area contributed by atoms with Gasteiger partial charge in [0.2, 0.25) is 0 Å². The second-order valence-corrected chi connectivity index (χ2v) is 3.98. The second-order valence-electron chi connectivity index (χ2n) is 3.98. The van der Waals surface area contributed by atoms with E-state index >= 15 is 0 Å². The van der Waals surface area contributed by atoms with Gasteiger partial charge in [-0.05, 0) is 11.5 Å². The minimum Gasteiger partial charge on any atom is -0.378 e. The molecular weight excluding hydrogens is 178 g/mol. The summed E-state index contributed by atoms with van der Waals surface area (Å²) < 4.78 is 5.43. The zero-order valence-electron chi connectivity index (χ0n) is 8.71. The predicted molar refractivity (Wildman–Crippen MR) is 54.2 cm³/mol. The summed E-state index contributed by atoms with van der Waals surface area (Å²) in [5.74, 6) is 0.507. The Balaban J connectivity index is 2.17. The van der Waals surface area contributed by atoms with Crippen molar-refractivity contribution in [2.24, 2.45) is 0 Å². The molecule has 0 spiro atoms. The number of rotatable bonds is 2. The number of ether oxygens (including phenoxy) is 1. The number of morpholine rings is 1. The predicted octanol–water partition coefficient (Wildman–Crippen LogP) is 1.19. The molecule has 78 valence electrons. The number of aromatic nitrogens is 2. The molecule has 1 aromatic rings. The molecule has 0 bridgehead atoms. The number of hydrogen-bond acceptors (Lipinski definition) is 3. The molecule has 4 nitrogen and oxygen atoms in total. The Morgan fingerprint density at radius 1 is 1.57 bits per heavy atom. The Bertz CT molecular complexity index is 289. The van der Waals surface area contributed by atoms with Crippen molar-refractivity contribution in [3.8, 4) is 0 Å². The molecule has 2 N–H and O–H groups in total. The fourth-order valence-electron chi connectivity index (χ4n) is 1.80. The molecule has 0 aromatic carbocycles. The average Bonchev–Trinajstić information content (AvgIpc) is 2.67. The minimum atomic E-state index is 0.281. The topological polar surface area (TPSA) is 49.9 Å². The average molecular weight is 195 g/mol. The summed E-state index contributed by atoms with van der Waals surface area (Å²) in [6.45, 7) is 6.82. The van der Waals surface area contributed by atoms with Crippen molar-refractivity contribution in [1.29, 1.82) is 0 Å². The highest BCUT2D eigenvalue weighted by molar-refractivity contribution is 5.23. The Labute approximate surface area is 84.0 Å². The Morgan fingerprint density at radius 3 is 3.07 bits per heavy atom. The molecule has 0 amide bonds. The van der Waals surface area contributed by atoms with E-state index in [2.05, 4.69) is 29.4 Å². The molecule has 1 fully saturated rings. The molecule has 1 unspecified atom stereocenters. The van der Waals surface area contributed by atoms with Crippen LogP contribution in [0.25, 0.3) is 0 Å². The van der Waals surface area contributed by atoms with Gasteiger partial charge in [-0.3, -0.25) is 5.10 Å². The molecule has 2 heterocycles. The van der Waals surface area contributed by atoms with Crippen LogP contribution in [-0.2, 0) is 4.74 Å². The fourth-order valence-corrected chi connectivity index (χ4v) is 1.80. The van der Waals surface area contributed by atoms with Crippen molar-refractivity contribution in [3.63, 3.8) is 0 Å². The minimum absolute atomic E-state index is 0.281. The standard InChI is InChI=1S/C10H17N3O/c1-7(2)8-5-12-13-10(8)9-6-14-4-3-11-9/h5,7,9,11H,3-4,6H2,1-2H3,(H,12,13). The van der Waals surface area contributed by atoms with Gasteiger partial charge in [-0.25, -0.2) is 0 Å².